The number of ether oxygens (including phenoxy) is 1. The third-order valence-electron chi connectivity index (χ3n) is 4.24. The Hall–Kier alpha value is -2.27. The Morgan fingerprint density at radius 3 is 2.44 bits per heavy atom. The molecule has 2 aromatic carbocycles. The van der Waals surface area contributed by atoms with Gasteiger partial charge in [-0.05, 0) is 49.4 Å². The Morgan fingerprint density at radius 2 is 1.80 bits per heavy atom. The van der Waals surface area contributed by atoms with Gasteiger partial charge in [-0.1, -0.05) is 17.7 Å². The van der Waals surface area contributed by atoms with Gasteiger partial charge in [0.15, 0.2) is 6.10 Å². The van der Waals surface area contributed by atoms with Crippen LogP contribution in [0.4, 0.5) is 10.1 Å². The van der Waals surface area contributed by atoms with Gasteiger partial charge in [-0.15, -0.1) is 0 Å². The van der Waals surface area contributed by atoms with Crippen molar-refractivity contribution < 1.29 is 13.9 Å². The molecule has 1 aliphatic heterocycles. The average Bonchev–Trinajstić information content (AvgIpc) is 2.62. The van der Waals surface area contributed by atoms with Gasteiger partial charge in [-0.3, -0.25) is 4.79 Å². The number of benzene rings is 2. The molecule has 0 N–H and O–H groups in total. The van der Waals surface area contributed by atoms with Crippen molar-refractivity contribution in [3.63, 3.8) is 0 Å². The first-order valence-corrected chi connectivity index (χ1v) is 8.62. The van der Waals surface area contributed by atoms with Crippen LogP contribution in [0.2, 0.25) is 5.02 Å². The molecule has 0 bridgehead atoms. The lowest BCUT2D eigenvalue weighted by molar-refractivity contribution is -0.138. The number of rotatable bonds is 4. The second kappa shape index (κ2) is 7.74. The molecule has 1 heterocycles. The second-order valence-electron chi connectivity index (χ2n) is 6.01. The summed E-state index contributed by atoms with van der Waals surface area (Å²) in [7, 11) is 0. The maximum absolute atomic E-state index is 13.0. The van der Waals surface area contributed by atoms with Gasteiger partial charge in [0, 0.05) is 36.9 Å². The average molecular weight is 363 g/mol. The van der Waals surface area contributed by atoms with Crippen LogP contribution < -0.4 is 9.64 Å². The number of anilines is 1. The quantitative estimate of drug-likeness (QED) is 0.833. The van der Waals surface area contributed by atoms with Crippen LogP contribution in [0.3, 0.4) is 0 Å². The molecule has 25 heavy (non-hydrogen) atoms. The minimum Gasteiger partial charge on any atom is -0.481 e. The van der Waals surface area contributed by atoms with E-state index in [2.05, 4.69) is 4.90 Å². The van der Waals surface area contributed by atoms with E-state index < -0.39 is 6.10 Å². The number of halogens is 2. The summed E-state index contributed by atoms with van der Waals surface area (Å²) in [5.41, 5.74) is 0.969. The molecule has 0 saturated carbocycles. The number of carbonyl (C=O) groups is 1. The fourth-order valence-corrected chi connectivity index (χ4v) is 3.07. The molecular formula is C19H20ClFN2O2. The third-order valence-corrected chi connectivity index (χ3v) is 4.47. The van der Waals surface area contributed by atoms with Gasteiger partial charge >= 0.3 is 0 Å². The van der Waals surface area contributed by atoms with Gasteiger partial charge in [0.05, 0.1) is 0 Å². The summed E-state index contributed by atoms with van der Waals surface area (Å²) in [6.45, 7) is 4.39. The molecule has 1 amide bonds. The number of hydrogen-bond acceptors (Lipinski definition) is 3. The highest BCUT2D eigenvalue weighted by Gasteiger charge is 2.26. The number of amides is 1. The zero-order chi connectivity index (χ0) is 17.8. The van der Waals surface area contributed by atoms with Crippen LogP contribution in [-0.2, 0) is 4.79 Å². The Kier molecular flexibility index (Phi) is 5.43. The zero-order valence-electron chi connectivity index (χ0n) is 14.0. The fourth-order valence-electron chi connectivity index (χ4n) is 2.89. The summed E-state index contributed by atoms with van der Waals surface area (Å²) < 4.78 is 18.7. The molecule has 0 unspecified atom stereocenters. The van der Waals surface area contributed by atoms with Crippen LogP contribution in [0.15, 0.2) is 48.5 Å². The standard InChI is InChI=1S/C19H20ClFN2O2/c1-14(25-18-4-2-3-15(20)13-18)19(24)23-11-9-22(10-12-23)17-7-5-16(21)6-8-17/h2-8,13-14H,9-12H2,1H3/t14-/m1/s1. The van der Waals surface area contributed by atoms with E-state index in [-0.39, 0.29) is 11.7 Å². The highest BCUT2D eigenvalue weighted by molar-refractivity contribution is 6.30. The predicted octanol–water partition coefficient (Wildman–Crippen LogP) is 3.60. The second-order valence-corrected chi connectivity index (χ2v) is 6.44. The van der Waals surface area contributed by atoms with E-state index in [1.54, 1.807) is 48.2 Å². The van der Waals surface area contributed by atoms with Crippen molar-refractivity contribution >= 4 is 23.2 Å². The van der Waals surface area contributed by atoms with Crippen LogP contribution in [0.1, 0.15) is 6.92 Å². The Labute approximate surface area is 151 Å². The van der Waals surface area contributed by atoms with Gasteiger partial charge in [0.25, 0.3) is 5.91 Å². The lowest BCUT2D eigenvalue weighted by Gasteiger charge is -2.37. The molecule has 1 fully saturated rings. The van der Waals surface area contributed by atoms with E-state index in [0.29, 0.717) is 37.0 Å². The SMILES string of the molecule is C[C@@H](Oc1cccc(Cl)c1)C(=O)N1CCN(c2ccc(F)cc2)CC1. The number of nitrogens with zero attached hydrogens (tertiary/aromatic N) is 2. The summed E-state index contributed by atoms with van der Waals surface area (Å²) in [5.74, 6) is 0.293. The highest BCUT2D eigenvalue weighted by atomic mass is 35.5. The smallest absolute Gasteiger partial charge is 0.263 e. The van der Waals surface area contributed by atoms with E-state index in [9.17, 15) is 9.18 Å². The van der Waals surface area contributed by atoms with E-state index in [0.717, 1.165) is 5.69 Å². The Morgan fingerprint density at radius 1 is 1.12 bits per heavy atom. The first-order valence-electron chi connectivity index (χ1n) is 8.24. The minimum absolute atomic E-state index is 0.0428. The summed E-state index contributed by atoms with van der Waals surface area (Å²) in [5, 5.41) is 0.574. The van der Waals surface area contributed by atoms with Gasteiger partial charge < -0.3 is 14.5 Å². The molecule has 0 aromatic heterocycles. The molecule has 1 atom stereocenters. The van der Waals surface area contributed by atoms with Crippen molar-refractivity contribution in [2.45, 2.75) is 13.0 Å². The highest BCUT2D eigenvalue weighted by Crippen LogP contribution is 2.20. The predicted molar refractivity (Wildman–Crippen MR) is 96.7 cm³/mol. The number of carbonyl (C=O) groups excluding carboxylic acids is 1. The van der Waals surface area contributed by atoms with Crippen LogP contribution >= 0.6 is 11.6 Å². The monoisotopic (exact) mass is 362 g/mol. The molecule has 1 saturated heterocycles. The molecule has 0 spiro atoms. The summed E-state index contributed by atoms with van der Waals surface area (Å²) in [4.78, 5) is 16.5. The summed E-state index contributed by atoms with van der Waals surface area (Å²) in [6, 6.07) is 13.4. The zero-order valence-corrected chi connectivity index (χ0v) is 14.7. The van der Waals surface area contributed by atoms with Gasteiger partial charge in [-0.2, -0.15) is 0 Å². The number of hydrogen-bond donors (Lipinski definition) is 0. The summed E-state index contributed by atoms with van der Waals surface area (Å²) >= 11 is 5.94. The molecule has 1 aliphatic rings. The molecule has 6 heteroatoms. The molecule has 132 valence electrons. The van der Waals surface area contributed by atoms with Crippen LogP contribution in [0, 0.1) is 5.82 Å². The largest absolute Gasteiger partial charge is 0.481 e. The van der Waals surface area contributed by atoms with Crippen molar-refractivity contribution in [1.29, 1.82) is 0 Å². The Balaban J connectivity index is 1.54. The fraction of sp³-hybridized carbons (Fsp3) is 0.316. The number of piperazine rings is 1. The van der Waals surface area contributed by atoms with Gasteiger partial charge in [0.2, 0.25) is 0 Å². The molecule has 3 rings (SSSR count). The van der Waals surface area contributed by atoms with Crippen LogP contribution in [0.5, 0.6) is 5.75 Å². The van der Waals surface area contributed by atoms with Crippen molar-refractivity contribution in [1.82, 2.24) is 4.90 Å². The molecule has 2 aromatic rings. The van der Waals surface area contributed by atoms with Crippen molar-refractivity contribution in [2.24, 2.45) is 0 Å². The van der Waals surface area contributed by atoms with E-state index in [1.807, 2.05) is 0 Å². The topological polar surface area (TPSA) is 32.8 Å². The first-order chi connectivity index (χ1) is 12.0. The summed E-state index contributed by atoms with van der Waals surface area (Å²) in [6.07, 6.45) is -0.573. The maximum Gasteiger partial charge on any atom is 0.263 e. The van der Waals surface area contributed by atoms with Crippen molar-refractivity contribution in [3.8, 4) is 5.75 Å². The molecule has 0 aliphatic carbocycles. The van der Waals surface area contributed by atoms with Gasteiger partial charge in [0.1, 0.15) is 11.6 Å². The van der Waals surface area contributed by atoms with E-state index in [4.69, 9.17) is 16.3 Å². The third kappa shape index (κ3) is 4.42. The molecular weight excluding hydrogens is 343 g/mol. The van der Waals surface area contributed by atoms with Crippen LogP contribution in [0.25, 0.3) is 0 Å². The van der Waals surface area contributed by atoms with E-state index in [1.165, 1.54) is 12.1 Å². The lowest BCUT2D eigenvalue weighted by atomic mass is 10.2. The normalized spacial score (nSPS) is 15.8. The Bertz CT molecular complexity index is 730. The van der Waals surface area contributed by atoms with Crippen molar-refractivity contribution in [2.75, 3.05) is 31.1 Å². The van der Waals surface area contributed by atoms with E-state index >= 15 is 0 Å². The van der Waals surface area contributed by atoms with Gasteiger partial charge in [-0.25, -0.2) is 4.39 Å². The first kappa shape index (κ1) is 17.5. The molecule has 4 nitrogen and oxygen atoms in total. The minimum atomic E-state index is -0.573. The lowest BCUT2D eigenvalue weighted by Crippen LogP contribution is -2.52. The van der Waals surface area contributed by atoms with Crippen molar-refractivity contribution in [3.05, 3.63) is 59.4 Å². The van der Waals surface area contributed by atoms with Crippen LogP contribution in [-0.4, -0.2) is 43.1 Å². The molecule has 0 radical (unpaired) electrons. The maximum atomic E-state index is 13.0.